The lowest BCUT2D eigenvalue weighted by atomic mass is 9.97. The Hall–Kier alpha value is -2.81. The number of rotatable bonds is 1. The van der Waals surface area contributed by atoms with Crippen molar-refractivity contribution in [3.8, 4) is 0 Å². The molecule has 0 fully saturated rings. The Morgan fingerprint density at radius 2 is 2.14 bits per heavy atom. The Labute approximate surface area is 122 Å². The maximum absolute atomic E-state index is 11.4. The zero-order valence-corrected chi connectivity index (χ0v) is 11.4. The molecule has 0 saturated heterocycles. The first kappa shape index (κ1) is 12.0. The lowest BCUT2D eigenvalue weighted by Crippen LogP contribution is -2.10. The maximum atomic E-state index is 11.4. The highest BCUT2D eigenvalue weighted by Gasteiger charge is 2.17. The van der Waals surface area contributed by atoms with Crippen LogP contribution in [0.2, 0.25) is 0 Å². The summed E-state index contributed by atoms with van der Waals surface area (Å²) in [4.78, 5) is 11.4. The van der Waals surface area contributed by atoms with Crippen LogP contribution in [-0.2, 0) is 0 Å². The molecule has 1 aliphatic heterocycles. The van der Waals surface area contributed by atoms with Crippen LogP contribution in [0.4, 0.5) is 0 Å². The zero-order valence-electron chi connectivity index (χ0n) is 11.4. The van der Waals surface area contributed by atoms with Crippen molar-refractivity contribution in [2.24, 2.45) is 5.73 Å². The highest BCUT2D eigenvalue weighted by Crippen LogP contribution is 2.34. The molecule has 0 bridgehead atoms. The van der Waals surface area contributed by atoms with E-state index in [0.717, 1.165) is 23.0 Å². The van der Waals surface area contributed by atoms with Gasteiger partial charge < -0.3 is 10.3 Å². The first-order valence-corrected chi connectivity index (χ1v) is 6.95. The second-order valence-electron chi connectivity index (χ2n) is 5.26. The second-order valence-corrected chi connectivity index (χ2v) is 5.26. The van der Waals surface area contributed by atoms with E-state index < -0.39 is 5.91 Å². The summed E-state index contributed by atoms with van der Waals surface area (Å²) in [5.41, 5.74) is 10.5. The van der Waals surface area contributed by atoms with Crippen LogP contribution < -0.4 is 5.73 Å². The summed E-state index contributed by atoms with van der Waals surface area (Å²) in [6, 6.07) is 7.75. The van der Waals surface area contributed by atoms with Gasteiger partial charge in [0.15, 0.2) is 0 Å². The Bertz CT molecular complexity index is 891. The van der Waals surface area contributed by atoms with Gasteiger partial charge in [0.25, 0.3) is 0 Å². The van der Waals surface area contributed by atoms with Crippen LogP contribution in [0.15, 0.2) is 60.2 Å². The van der Waals surface area contributed by atoms with Gasteiger partial charge in [0, 0.05) is 22.7 Å². The molecule has 4 rings (SSSR count). The number of carbonyl (C=O) groups excluding carboxylic acids is 1. The van der Waals surface area contributed by atoms with E-state index in [2.05, 4.69) is 34.9 Å². The third-order valence-corrected chi connectivity index (χ3v) is 3.98. The van der Waals surface area contributed by atoms with Gasteiger partial charge in [-0.05, 0) is 36.3 Å². The molecular weight excluding hydrogens is 260 g/mol. The highest BCUT2D eigenvalue weighted by atomic mass is 16.1. The largest absolute Gasteiger partial charge is 0.366 e. The minimum atomic E-state index is -0.399. The summed E-state index contributed by atoms with van der Waals surface area (Å²) in [5.74, 6) is -0.399. The monoisotopic (exact) mass is 274 g/mol. The molecule has 0 radical (unpaired) electrons. The predicted octanol–water partition coefficient (Wildman–Crippen LogP) is 3.49. The van der Waals surface area contributed by atoms with Crippen molar-refractivity contribution < 1.29 is 4.79 Å². The Balaban J connectivity index is 2.00. The number of hydrogen-bond acceptors (Lipinski definition) is 1. The van der Waals surface area contributed by atoms with Crippen molar-refractivity contribution in [1.29, 1.82) is 0 Å². The Morgan fingerprint density at radius 1 is 1.24 bits per heavy atom. The van der Waals surface area contributed by atoms with Gasteiger partial charge in [-0.15, -0.1) is 0 Å². The molecule has 2 aliphatic rings. The smallest absolute Gasteiger partial charge is 0.248 e. The van der Waals surface area contributed by atoms with Gasteiger partial charge in [0.05, 0.1) is 11.2 Å². The number of allylic oxidation sites excluding steroid dienone is 7. The number of nitrogens with zero attached hydrogens (tertiary/aromatic N) is 1. The maximum Gasteiger partial charge on any atom is 0.248 e. The molecule has 21 heavy (non-hydrogen) atoms. The van der Waals surface area contributed by atoms with Crippen molar-refractivity contribution >= 4 is 28.6 Å². The third-order valence-electron chi connectivity index (χ3n) is 3.98. The van der Waals surface area contributed by atoms with Crippen molar-refractivity contribution in [3.63, 3.8) is 0 Å². The van der Waals surface area contributed by atoms with E-state index in [0.29, 0.717) is 5.56 Å². The fraction of sp³-hybridized carbons (Fsp3) is 0.0556. The van der Waals surface area contributed by atoms with E-state index >= 15 is 0 Å². The van der Waals surface area contributed by atoms with Gasteiger partial charge in [-0.25, -0.2) is 0 Å². The van der Waals surface area contributed by atoms with Crippen molar-refractivity contribution in [1.82, 2.24) is 4.57 Å². The number of fused-ring (bicyclic) bond motifs is 5. The Morgan fingerprint density at radius 3 is 3.00 bits per heavy atom. The predicted molar refractivity (Wildman–Crippen MR) is 85.6 cm³/mol. The number of aromatic nitrogens is 1. The van der Waals surface area contributed by atoms with E-state index in [1.54, 1.807) is 6.07 Å². The second kappa shape index (κ2) is 4.35. The van der Waals surface area contributed by atoms with Gasteiger partial charge in [-0.3, -0.25) is 4.79 Å². The molecule has 3 heteroatoms. The summed E-state index contributed by atoms with van der Waals surface area (Å²) in [6.07, 6.45) is 13.7. The fourth-order valence-corrected chi connectivity index (χ4v) is 2.96. The van der Waals surface area contributed by atoms with E-state index in [9.17, 15) is 4.79 Å². The van der Waals surface area contributed by atoms with E-state index in [-0.39, 0.29) is 0 Å². The van der Waals surface area contributed by atoms with Crippen LogP contribution in [0.3, 0.4) is 0 Å². The lowest BCUT2D eigenvalue weighted by Gasteiger charge is -2.12. The van der Waals surface area contributed by atoms with Crippen LogP contribution in [0.25, 0.3) is 22.7 Å². The molecule has 2 heterocycles. The highest BCUT2D eigenvalue weighted by molar-refractivity contribution is 5.99. The average Bonchev–Trinajstić information content (AvgIpc) is 2.75. The van der Waals surface area contributed by atoms with Crippen molar-refractivity contribution in [2.45, 2.75) is 6.42 Å². The number of benzene rings is 1. The van der Waals surface area contributed by atoms with Crippen molar-refractivity contribution in [2.75, 3.05) is 0 Å². The molecule has 0 spiro atoms. The van der Waals surface area contributed by atoms with Crippen LogP contribution in [-0.4, -0.2) is 10.5 Å². The number of primary amides is 1. The molecule has 1 amide bonds. The number of hydrogen-bond donors (Lipinski definition) is 1. The van der Waals surface area contributed by atoms with Gasteiger partial charge in [0.1, 0.15) is 0 Å². The minimum Gasteiger partial charge on any atom is -0.366 e. The van der Waals surface area contributed by atoms with Gasteiger partial charge >= 0.3 is 0 Å². The fourth-order valence-electron chi connectivity index (χ4n) is 2.96. The molecule has 1 aromatic heterocycles. The molecule has 0 atom stereocenters. The van der Waals surface area contributed by atoms with Gasteiger partial charge in [-0.2, -0.15) is 0 Å². The summed E-state index contributed by atoms with van der Waals surface area (Å²) in [5, 5.41) is 1.11. The molecule has 1 aromatic carbocycles. The first-order chi connectivity index (χ1) is 10.2. The molecule has 0 saturated carbocycles. The lowest BCUT2D eigenvalue weighted by molar-refractivity contribution is 0.100. The normalized spacial score (nSPS) is 16.0. The van der Waals surface area contributed by atoms with Crippen LogP contribution in [0.5, 0.6) is 0 Å². The SMILES string of the molecule is NC(=O)c1ccc2cc3n(c2c1)C=CC=C1C=CCC=C13. The standard InChI is InChI=1S/C18H14N2O/c19-18(21)14-8-7-13-10-17-15-6-2-1-4-12(15)5-3-9-20(17)16(13)11-14/h1,3-11H,2H2,(H2,19,21). The summed E-state index contributed by atoms with van der Waals surface area (Å²) in [7, 11) is 0. The molecule has 102 valence electrons. The molecular formula is C18H14N2O. The zero-order chi connectivity index (χ0) is 14.4. The molecule has 0 unspecified atom stereocenters. The summed E-state index contributed by atoms with van der Waals surface area (Å²) < 4.78 is 2.12. The summed E-state index contributed by atoms with van der Waals surface area (Å²) in [6.45, 7) is 0. The van der Waals surface area contributed by atoms with Gasteiger partial charge in [-0.1, -0.05) is 30.4 Å². The quantitative estimate of drug-likeness (QED) is 0.850. The number of carbonyl (C=O) groups is 1. The van der Waals surface area contributed by atoms with Crippen LogP contribution >= 0.6 is 0 Å². The average molecular weight is 274 g/mol. The van der Waals surface area contributed by atoms with Crippen molar-refractivity contribution in [3.05, 3.63) is 71.5 Å². The third kappa shape index (κ3) is 1.78. The van der Waals surface area contributed by atoms with Crippen LogP contribution in [0.1, 0.15) is 22.5 Å². The Kier molecular flexibility index (Phi) is 2.48. The molecule has 3 nitrogen and oxygen atoms in total. The number of nitrogens with two attached hydrogens (primary N) is 1. The number of amides is 1. The summed E-state index contributed by atoms with van der Waals surface area (Å²) >= 11 is 0. The minimum absolute atomic E-state index is 0.399. The van der Waals surface area contributed by atoms with E-state index in [1.807, 2.05) is 24.4 Å². The molecule has 2 N–H and O–H groups in total. The molecule has 2 aromatic rings. The topological polar surface area (TPSA) is 48.0 Å². The van der Waals surface area contributed by atoms with E-state index in [4.69, 9.17) is 5.73 Å². The van der Waals surface area contributed by atoms with Gasteiger partial charge in [0.2, 0.25) is 5.91 Å². The van der Waals surface area contributed by atoms with E-state index in [1.165, 1.54) is 11.1 Å². The first-order valence-electron chi connectivity index (χ1n) is 6.95. The molecule has 1 aliphatic carbocycles. The van der Waals surface area contributed by atoms with Crippen LogP contribution in [0, 0.1) is 0 Å².